The van der Waals surface area contributed by atoms with E-state index in [0.29, 0.717) is 11.2 Å². The van der Waals surface area contributed by atoms with Crippen LogP contribution in [0.1, 0.15) is 0 Å². The molecule has 0 spiro atoms. The summed E-state index contributed by atoms with van der Waals surface area (Å²) in [6, 6.07) is 1.49. The van der Waals surface area contributed by atoms with Crippen LogP contribution in [0.2, 0.25) is 0 Å². The van der Waals surface area contributed by atoms with E-state index in [1.807, 2.05) is 0 Å². The van der Waals surface area contributed by atoms with Crippen LogP contribution in [0.5, 0.6) is 11.8 Å². The molecule has 0 saturated heterocycles. The van der Waals surface area contributed by atoms with Gasteiger partial charge in [-0.25, -0.2) is 0 Å². The summed E-state index contributed by atoms with van der Waals surface area (Å²) < 4.78 is 9.43. The van der Waals surface area contributed by atoms with Crippen molar-refractivity contribution >= 4 is 22.1 Å². The van der Waals surface area contributed by atoms with E-state index in [0.717, 1.165) is 0 Å². The van der Waals surface area contributed by atoms with Crippen molar-refractivity contribution in [3.05, 3.63) is 6.07 Å². The normalized spacial score (nSPS) is 10.5. The standard InChI is InChI=1S/C6H7BrN2O3/c1-10-5-4-6(12-9-5)11-8-3-2-7/h3-4H,2H2,1H3/b8-3+. The lowest BCUT2D eigenvalue weighted by Crippen LogP contribution is -1.82. The minimum absolute atomic E-state index is 0.198. The van der Waals surface area contributed by atoms with Gasteiger partial charge < -0.3 is 14.1 Å². The average molecular weight is 235 g/mol. The molecule has 0 aliphatic rings. The molecule has 0 aliphatic carbocycles. The lowest BCUT2D eigenvalue weighted by atomic mass is 10.7. The maximum absolute atomic E-state index is 4.76. The molecular formula is C6H7BrN2O3. The Balaban J connectivity index is 2.47. The summed E-state index contributed by atoms with van der Waals surface area (Å²) in [6.07, 6.45) is 1.54. The molecule has 1 rings (SSSR count). The Morgan fingerprint density at radius 1 is 1.83 bits per heavy atom. The highest BCUT2D eigenvalue weighted by atomic mass is 79.9. The first-order valence-electron chi connectivity index (χ1n) is 3.12. The minimum atomic E-state index is 0.198. The van der Waals surface area contributed by atoms with E-state index in [2.05, 4.69) is 30.8 Å². The molecular weight excluding hydrogens is 228 g/mol. The highest BCUT2D eigenvalue weighted by molar-refractivity contribution is 9.09. The van der Waals surface area contributed by atoms with Crippen molar-refractivity contribution in [2.45, 2.75) is 0 Å². The molecule has 0 unspecified atom stereocenters. The summed E-state index contributed by atoms with van der Waals surface area (Å²) in [4.78, 5) is 4.76. The monoisotopic (exact) mass is 234 g/mol. The molecule has 1 aromatic rings. The van der Waals surface area contributed by atoms with Crippen molar-refractivity contribution in [2.75, 3.05) is 12.4 Å². The fraction of sp³-hybridized carbons (Fsp3) is 0.333. The zero-order valence-corrected chi connectivity index (χ0v) is 7.94. The van der Waals surface area contributed by atoms with Crippen LogP contribution in [0.4, 0.5) is 0 Å². The third-order valence-corrected chi connectivity index (χ3v) is 1.25. The first-order chi connectivity index (χ1) is 5.86. The van der Waals surface area contributed by atoms with Gasteiger partial charge in [0.2, 0.25) is 0 Å². The number of methoxy groups -OCH3 is 1. The molecule has 0 aliphatic heterocycles. The van der Waals surface area contributed by atoms with Gasteiger partial charge in [-0.1, -0.05) is 21.1 Å². The van der Waals surface area contributed by atoms with E-state index < -0.39 is 0 Å². The third-order valence-electron chi connectivity index (χ3n) is 0.962. The van der Waals surface area contributed by atoms with Crippen molar-refractivity contribution in [1.82, 2.24) is 5.16 Å². The lowest BCUT2D eigenvalue weighted by molar-refractivity contribution is 0.220. The van der Waals surface area contributed by atoms with Gasteiger partial charge >= 0.3 is 5.95 Å². The summed E-state index contributed by atoms with van der Waals surface area (Å²) in [5, 5.41) is 7.68. The van der Waals surface area contributed by atoms with E-state index >= 15 is 0 Å². The molecule has 0 bridgehead atoms. The molecule has 1 heterocycles. The Labute approximate surface area is 77.4 Å². The minimum Gasteiger partial charge on any atom is -0.479 e. The van der Waals surface area contributed by atoms with Gasteiger partial charge in [0.15, 0.2) is 0 Å². The van der Waals surface area contributed by atoms with Crippen LogP contribution in [0.3, 0.4) is 0 Å². The van der Waals surface area contributed by atoms with Crippen LogP contribution in [0.15, 0.2) is 15.7 Å². The number of hydrogen-bond acceptors (Lipinski definition) is 5. The Bertz CT molecular complexity index is 261. The molecule has 0 fully saturated rings. The third kappa shape index (κ3) is 2.54. The molecule has 0 atom stereocenters. The van der Waals surface area contributed by atoms with Gasteiger partial charge in [0.25, 0.3) is 5.88 Å². The molecule has 12 heavy (non-hydrogen) atoms. The number of halogens is 1. The van der Waals surface area contributed by atoms with Gasteiger partial charge in [-0.2, -0.15) is 0 Å². The number of oxime groups is 1. The van der Waals surface area contributed by atoms with Crippen molar-refractivity contribution in [3.8, 4) is 11.8 Å². The molecule has 5 nitrogen and oxygen atoms in total. The molecule has 0 amide bonds. The molecule has 66 valence electrons. The van der Waals surface area contributed by atoms with E-state index in [-0.39, 0.29) is 5.95 Å². The highest BCUT2D eigenvalue weighted by Gasteiger charge is 2.02. The fourth-order valence-corrected chi connectivity index (χ4v) is 0.618. The van der Waals surface area contributed by atoms with Crippen LogP contribution in [0, 0.1) is 0 Å². The van der Waals surface area contributed by atoms with Gasteiger partial charge in [0.1, 0.15) is 0 Å². The van der Waals surface area contributed by atoms with Gasteiger partial charge in [-0.15, -0.1) is 0 Å². The first kappa shape index (κ1) is 9.05. The van der Waals surface area contributed by atoms with Gasteiger partial charge in [0.05, 0.1) is 19.4 Å². The quantitative estimate of drug-likeness (QED) is 0.450. The lowest BCUT2D eigenvalue weighted by Gasteiger charge is -1.86. The summed E-state index contributed by atoms with van der Waals surface area (Å²) in [5.41, 5.74) is 0. The second-order valence-electron chi connectivity index (χ2n) is 1.72. The van der Waals surface area contributed by atoms with Gasteiger partial charge in [-0.05, 0) is 5.16 Å². The maximum atomic E-state index is 4.76. The zero-order chi connectivity index (χ0) is 8.81. The summed E-state index contributed by atoms with van der Waals surface area (Å²) in [7, 11) is 1.49. The largest absolute Gasteiger partial charge is 0.479 e. The predicted molar refractivity (Wildman–Crippen MR) is 46.0 cm³/mol. The smallest absolute Gasteiger partial charge is 0.343 e. The van der Waals surface area contributed by atoms with Crippen molar-refractivity contribution < 1.29 is 14.1 Å². The van der Waals surface area contributed by atoms with E-state index in [4.69, 9.17) is 9.57 Å². The second kappa shape index (κ2) is 4.76. The van der Waals surface area contributed by atoms with Crippen LogP contribution < -0.4 is 9.57 Å². The van der Waals surface area contributed by atoms with Crippen LogP contribution in [-0.2, 0) is 0 Å². The van der Waals surface area contributed by atoms with Gasteiger partial charge in [-0.3, -0.25) is 0 Å². The number of nitrogens with zero attached hydrogens (tertiary/aromatic N) is 2. The van der Waals surface area contributed by atoms with E-state index in [9.17, 15) is 0 Å². The molecule has 0 N–H and O–H groups in total. The van der Waals surface area contributed by atoms with Crippen molar-refractivity contribution in [3.63, 3.8) is 0 Å². The van der Waals surface area contributed by atoms with Gasteiger partial charge in [0, 0.05) is 5.33 Å². The molecule has 1 aromatic heterocycles. The van der Waals surface area contributed by atoms with Crippen LogP contribution in [-0.4, -0.2) is 23.8 Å². The number of ether oxygens (including phenoxy) is 1. The number of alkyl halides is 1. The second-order valence-corrected chi connectivity index (χ2v) is 2.37. The zero-order valence-electron chi connectivity index (χ0n) is 6.36. The highest BCUT2D eigenvalue weighted by Crippen LogP contribution is 2.17. The Morgan fingerprint density at radius 2 is 2.67 bits per heavy atom. The summed E-state index contributed by atoms with van der Waals surface area (Å²) >= 11 is 3.14. The first-order valence-corrected chi connectivity index (χ1v) is 4.24. The molecule has 0 saturated carbocycles. The average Bonchev–Trinajstić information content (AvgIpc) is 2.53. The Kier molecular flexibility index (Phi) is 3.59. The topological polar surface area (TPSA) is 56.9 Å². The van der Waals surface area contributed by atoms with E-state index in [1.165, 1.54) is 19.4 Å². The van der Waals surface area contributed by atoms with E-state index in [1.54, 1.807) is 0 Å². The molecule has 6 heteroatoms. The number of aromatic nitrogens is 1. The van der Waals surface area contributed by atoms with Crippen LogP contribution in [0.25, 0.3) is 0 Å². The SMILES string of the molecule is COc1cc(O/N=C/CBr)on1. The summed E-state index contributed by atoms with van der Waals surface area (Å²) in [5.74, 6) is 0.558. The van der Waals surface area contributed by atoms with Crippen molar-refractivity contribution in [1.29, 1.82) is 0 Å². The summed E-state index contributed by atoms with van der Waals surface area (Å²) in [6.45, 7) is 0. The van der Waals surface area contributed by atoms with Crippen molar-refractivity contribution in [2.24, 2.45) is 5.16 Å². The van der Waals surface area contributed by atoms with Crippen LogP contribution >= 0.6 is 15.9 Å². The number of rotatable bonds is 4. The maximum Gasteiger partial charge on any atom is 0.343 e. The molecule has 0 radical (unpaired) electrons. The molecule has 0 aromatic carbocycles. The Morgan fingerprint density at radius 3 is 3.25 bits per heavy atom. The number of hydrogen-bond donors (Lipinski definition) is 0. The Hall–Kier alpha value is -1.04. The predicted octanol–water partition coefficient (Wildman–Crippen LogP) is 1.44. The fourth-order valence-electron chi connectivity index (χ4n) is 0.500.